The number of aromatic nitrogens is 1. The SMILES string of the molecule is CC[C@H]1C(=O)c2c(n(C)c3ccccc23)[C@@H](O)[C@H]1CC#N. The fourth-order valence-electron chi connectivity index (χ4n) is 3.67. The molecule has 0 saturated carbocycles. The van der Waals surface area contributed by atoms with Gasteiger partial charge >= 0.3 is 0 Å². The number of nitriles is 1. The van der Waals surface area contributed by atoms with Crippen LogP contribution in [-0.4, -0.2) is 15.5 Å². The molecule has 1 N–H and O–H groups in total. The van der Waals surface area contributed by atoms with Gasteiger partial charge in [0.15, 0.2) is 5.78 Å². The number of fused-ring (bicyclic) bond motifs is 3. The van der Waals surface area contributed by atoms with Gasteiger partial charge in [0.1, 0.15) is 0 Å². The molecule has 0 fully saturated rings. The van der Waals surface area contributed by atoms with Gasteiger partial charge in [-0.15, -0.1) is 0 Å². The molecule has 3 rings (SSSR count). The van der Waals surface area contributed by atoms with Crippen molar-refractivity contribution in [2.75, 3.05) is 0 Å². The van der Waals surface area contributed by atoms with Gasteiger partial charge in [-0.25, -0.2) is 0 Å². The van der Waals surface area contributed by atoms with E-state index >= 15 is 0 Å². The Kier molecular flexibility index (Phi) is 3.30. The third kappa shape index (κ3) is 1.81. The number of aliphatic hydroxyl groups is 1. The van der Waals surface area contributed by atoms with E-state index in [1.165, 1.54) is 0 Å². The zero-order valence-corrected chi connectivity index (χ0v) is 12.2. The molecule has 0 unspecified atom stereocenters. The maximum Gasteiger partial charge on any atom is 0.168 e. The predicted molar refractivity (Wildman–Crippen MR) is 79.7 cm³/mol. The lowest BCUT2D eigenvalue weighted by Gasteiger charge is -2.33. The Morgan fingerprint density at radius 3 is 2.76 bits per heavy atom. The van der Waals surface area contributed by atoms with Gasteiger partial charge in [0, 0.05) is 41.8 Å². The van der Waals surface area contributed by atoms with Crippen LogP contribution in [0.3, 0.4) is 0 Å². The molecule has 0 amide bonds. The summed E-state index contributed by atoms with van der Waals surface area (Å²) in [5, 5.41) is 20.6. The molecular weight excluding hydrogens is 264 g/mol. The Morgan fingerprint density at radius 1 is 1.38 bits per heavy atom. The Balaban J connectivity index is 2.30. The number of nitrogens with zero attached hydrogens (tertiary/aromatic N) is 2. The van der Waals surface area contributed by atoms with E-state index in [2.05, 4.69) is 6.07 Å². The first-order chi connectivity index (χ1) is 10.1. The number of hydrogen-bond donors (Lipinski definition) is 1. The summed E-state index contributed by atoms with van der Waals surface area (Å²) in [6.07, 6.45) is 0.0804. The first-order valence-corrected chi connectivity index (χ1v) is 7.28. The summed E-state index contributed by atoms with van der Waals surface area (Å²) >= 11 is 0. The summed E-state index contributed by atoms with van der Waals surface area (Å²) in [5.74, 6) is -0.532. The van der Waals surface area contributed by atoms with Crippen molar-refractivity contribution in [1.29, 1.82) is 5.26 Å². The van der Waals surface area contributed by atoms with E-state index in [1.807, 2.05) is 42.8 Å². The third-order valence-electron chi connectivity index (χ3n) is 4.70. The third-order valence-corrected chi connectivity index (χ3v) is 4.70. The standard InChI is InChI=1S/C17H18N2O2/c1-3-10-11(8-9-18)17(21)15-14(16(10)20)12-6-4-5-7-13(12)19(15)2/h4-7,10-11,17,21H,3,8H2,1-2H3/t10-,11+,17+/m1/s1. The van der Waals surface area contributed by atoms with Crippen LogP contribution in [0.25, 0.3) is 10.9 Å². The minimum atomic E-state index is -0.764. The molecule has 1 aromatic heterocycles. The second kappa shape index (κ2) is 5.01. The number of Topliss-reactive ketones (excluding diaryl/α,β-unsaturated/α-hetero) is 1. The fourth-order valence-corrected chi connectivity index (χ4v) is 3.67. The van der Waals surface area contributed by atoms with E-state index in [0.717, 1.165) is 10.9 Å². The van der Waals surface area contributed by atoms with E-state index in [1.54, 1.807) is 0 Å². The maximum absolute atomic E-state index is 12.9. The molecule has 21 heavy (non-hydrogen) atoms. The molecule has 0 saturated heterocycles. The second-order valence-corrected chi connectivity index (χ2v) is 5.69. The highest BCUT2D eigenvalue weighted by molar-refractivity contribution is 6.11. The van der Waals surface area contributed by atoms with Gasteiger partial charge in [-0.2, -0.15) is 5.26 Å². The molecule has 4 heteroatoms. The van der Waals surface area contributed by atoms with E-state index in [9.17, 15) is 9.90 Å². The monoisotopic (exact) mass is 282 g/mol. The lowest BCUT2D eigenvalue weighted by molar-refractivity contribution is 0.0446. The highest BCUT2D eigenvalue weighted by atomic mass is 16.3. The average Bonchev–Trinajstić information content (AvgIpc) is 2.79. The van der Waals surface area contributed by atoms with Crippen LogP contribution >= 0.6 is 0 Å². The van der Waals surface area contributed by atoms with E-state index in [4.69, 9.17) is 5.26 Å². The number of para-hydroxylation sites is 1. The predicted octanol–water partition coefficient (Wildman–Crippen LogP) is 2.96. The van der Waals surface area contributed by atoms with Crippen LogP contribution in [0.5, 0.6) is 0 Å². The molecule has 0 bridgehead atoms. The molecule has 3 atom stereocenters. The fraction of sp³-hybridized carbons (Fsp3) is 0.412. The lowest BCUT2D eigenvalue weighted by Crippen LogP contribution is -2.35. The van der Waals surface area contributed by atoms with E-state index in [0.29, 0.717) is 17.7 Å². The van der Waals surface area contributed by atoms with Crippen molar-refractivity contribution in [3.8, 4) is 6.07 Å². The maximum atomic E-state index is 12.9. The molecule has 1 aliphatic rings. The van der Waals surface area contributed by atoms with Crippen molar-refractivity contribution in [3.63, 3.8) is 0 Å². The van der Waals surface area contributed by atoms with Crippen LogP contribution in [-0.2, 0) is 7.05 Å². The Bertz CT molecular complexity index is 754. The quantitative estimate of drug-likeness (QED) is 0.920. The molecule has 0 aliphatic heterocycles. The van der Waals surface area contributed by atoms with Gasteiger partial charge in [0.2, 0.25) is 0 Å². The Morgan fingerprint density at radius 2 is 2.10 bits per heavy atom. The molecular formula is C17H18N2O2. The number of aliphatic hydroxyl groups excluding tert-OH is 1. The number of ketones is 1. The van der Waals surface area contributed by atoms with Crippen molar-refractivity contribution in [2.45, 2.75) is 25.9 Å². The highest BCUT2D eigenvalue weighted by Crippen LogP contribution is 2.44. The zero-order valence-electron chi connectivity index (χ0n) is 12.2. The van der Waals surface area contributed by atoms with Crippen molar-refractivity contribution < 1.29 is 9.90 Å². The first-order valence-electron chi connectivity index (χ1n) is 7.28. The number of carbonyl (C=O) groups excluding carboxylic acids is 1. The average molecular weight is 282 g/mol. The topological polar surface area (TPSA) is 66.0 Å². The minimum absolute atomic E-state index is 0.0647. The lowest BCUT2D eigenvalue weighted by atomic mass is 9.72. The van der Waals surface area contributed by atoms with Gasteiger partial charge < -0.3 is 9.67 Å². The highest BCUT2D eigenvalue weighted by Gasteiger charge is 2.43. The Hall–Kier alpha value is -2.12. The van der Waals surface area contributed by atoms with E-state index in [-0.39, 0.29) is 24.0 Å². The van der Waals surface area contributed by atoms with Crippen LogP contribution in [0.1, 0.15) is 41.9 Å². The zero-order chi connectivity index (χ0) is 15.1. The number of rotatable bonds is 2. The van der Waals surface area contributed by atoms with Gasteiger partial charge in [0.05, 0.1) is 17.9 Å². The van der Waals surface area contributed by atoms with Gasteiger partial charge in [-0.1, -0.05) is 25.1 Å². The molecule has 2 aromatic rings. The summed E-state index contributed by atoms with van der Waals surface area (Å²) < 4.78 is 1.89. The van der Waals surface area contributed by atoms with Crippen molar-refractivity contribution in [1.82, 2.24) is 4.57 Å². The Labute approximate surface area is 123 Å². The van der Waals surface area contributed by atoms with E-state index < -0.39 is 6.10 Å². The molecule has 108 valence electrons. The van der Waals surface area contributed by atoms with Crippen LogP contribution < -0.4 is 0 Å². The van der Waals surface area contributed by atoms with Crippen molar-refractivity contribution in [2.24, 2.45) is 18.9 Å². The number of carbonyl (C=O) groups is 1. The summed E-state index contributed by atoms with van der Waals surface area (Å²) in [5.41, 5.74) is 2.25. The van der Waals surface area contributed by atoms with Gasteiger partial charge in [-0.3, -0.25) is 4.79 Å². The smallest absolute Gasteiger partial charge is 0.168 e. The number of aryl methyl sites for hydroxylation is 1. The first kappa shape index (κ1) is 13.8. The summed E-state index contributed by atoms with van der Waals surface area (Å²) in [7, 11) is 1.87. The molecule has 0 radical (unpaired) electrons. The number of benzene rings is 1. The van der Waals surface area contributed by atoms with Crippen LogP contribution in [0.15, 0.2) is 24.3 Å². The van der Waals surface area contributed by atoms with Crippen LogP contribution in [0.4, 0.5) is 0 Å². The normalized spacial score (nSPS) is 24.9. The molecule has 1 aliphatic carbocycles. The summed E-state index contributed by atoms with van der Waals surface area (Å²) in [6, 6.07) is 9.83. The molecule has 0 spiro atoms. The van der Waals surface area contributed by atoms with Crippen LogP contribution in [0, 0.1) is 23.2 Å². The minimum Gasteiger partial charge on any atom is -0.387 e. The summed E-state index contributed by atoms with van der Waals surface area (Å²) in [6.45, 7) is 1.94. The largest absolute Gasteiger partial charge is 0.387 e. The molecule has 1 aromatic carbocycles. The molecule has 4 nitrogen and oxygen atoms in total. The second-order valence-electron chi connectivity index (χ2n) is 5.69. The van der Waals surface area contributed by atoms with Crippen LogP contribution in [0.2, 0.25) is 0 Å². The summed E-state index contributed by atoms with van der Waals surface area (Å²) in [4.78, 5) is 12.9. The number of hydrogen-bond acceptors (Lipinski definition) is 3. The van der Waals surface area contributed by atoms with Gasteiger partial charge in [-0.05, 0) is 12.5 Å². The van der Waals surface area contributed by atoms with Gasteiger partial charge in [0.25, 0.3) is 0 Å². The van der Waals surface area contributed by atoms with Crippen molar-refractivity contribution in [3.05, 3.63) is 35.5 Å². The molecule has 1 heterocycles. The van der Waals surface area contributed by atoms with Crippen molar-refractivity contribution >= 4 is 16.7 Å².